The molecule has 2 aromatic rings. The number of methoxy groups -OCH3 is 2. The molecule has 144 valence electrons. The fraction of sp³-hybridized carbons (Fsp3) is 0.250. The van der Waals surface area contributed by atoms with Crippen molar-refractivity contribution in [3.05, 3.63) is 64.4 Å². The van der Waals surface area contributed by atoms with E-state index >= 15 is 0 Å². The van der Waals surface area contributed by atoms with Gasteiger partial charge in [-0.15, -0.1) is 0 Å². The largest absolute Gasteiger partial charge is 0.493 e. The van der Waals surface area contributed by atoms with E-state index < -0.39 is 0 Å². The van der Waals surface area contributed by atoms with Gasteiger partial charge in [-0.25, -0.2) is 4.39 Å². The number of amides is 1. The Kier molecular flexibility index (Phi) is 8.48. The second-order valence-corrected chi connectivity index (χ2v) is 7.00. The van der Waals surface area contributed by atoms with Crippen LogP contribution in [0.15, 0.2) is 42.5 Å². The lowest BCUT2D eigenvalue weighted by atomic mass is 10.2. The Hall–Kier alpha value is -2.18. The third-order valence-corrected chi connectivity index (χ3v) is 5.03. The molecule has 0 fully saturated rings. The van der Waals surface area contributed by atoms with E-state index in [9.17, 15) is 9.18 Å². The van der Waals surface area contributed by atoms with Crippen LogP contribution in [0.1, 0.15) is 11.1 Å². The number of halogens is 2. The van der Waals surface area contributed by atoms with E-state index in [-0.39, 0.29) is 11.7 Å². The highest BCUT2D eigenvalue weighted by Crippen LogP contribution is 2.28. The summed E-state index contributed by atoms with van der Waals surface area (Å²) in [5.41, 5.74) is 1.32. The summed E-state index contributed by atoms with van der Waals surface area (Å²) in [4.78, 5) is 11.9. The van der Waals surface area contributed by atoms with Gasteiger partial charge in [0.05, 0.1) is 14.2 Å². The van der Waals surface area contributed by atoms with Gasteiger partial charge in [0.2, 0.25) is 5.91 Å². The lowest BCUT2D eigenvalue weighted by molar-refractivity contribution is -0.116. The maximum atomic E-state index is 13.7. The van der Waals surface area contributed by atoms with Crippen LogP contribution >= 0.6 is 23.4 Å². The van der Waals surface area contributed by atoms with Gasteiger partial charge in [0.15, 0.2) is 11.5 Å². The SMILES string of the molecule is COc1ccc(C=CC(=O)NCCSCc2c(F)cccc2Cl)cc1OC. The minimum Gasteiger partial charge on any atom is -0.493 e. The summed E-state index contributed by atoms with van der Waals surface area (Å²) in [6.45, 7) is 0.478. The molecular weight excluding hydrogens is 389 g/mol. The molecule has 2 aromatic carbocycles. The van der Waals surface area contributed by atoms with Crippen LogP contribution in [0, 0.1) is 5.82 Å². The fourth-order valence-corrected chi connectivity index (χ4v) is 3.48. The number of rotatable bonds is 9. The van der Waals surface area contributed by atoms with Gasteiger partial charge < -0.3 is 14.8 Å². The molecule has 1 N–H and O–H groups in total. The molecule has 0 unspecified atom stereocenters. The zero-order valence-corrected chi connectivity index (χ0v) is 16.7. The molecule has 0 bridgehead atoms. The van der Waals surface area contributed by atoms with Crippen LogP contribution in [0.4, 0.5) is 4.39 Å². The summed E-state index contributed by atoms with van der Waals surface area (Å²) in [7, 11) is 3.13. The third kappa shape index (κ3) is 6.48. The van der Waals surface area contributed by atoms with Gasteiger partial charge in [0, 0.05) is 34.7 Å². The van der Waals surface area contributed by atoms with Crippen molar-refractivity contribution < 1.29 is 18.7 Å². The van der Waals surface area contributed by atoms with Crippen LogP contribution < -0.4 is 14.8 Å². The van der Waals surface area contributed by atoms with E-state index in [1.807, 2.05) is 6.07 Å². The van der Waals surface area contributed by atoms with E-state index in [1.165, 1.54) is 23.9 Å². The average molecular weight is 410 g/mol. The van der Waals surface area contributed by atoms with Crippen molar-refractivity contribution in [2.24, 2.45) is 0 Å². The van der Waals surface area contributed by atoms with Crippen LogP contribution in [0.25, 0.3) is 6.08 Å². The first kappa shape index (κ1) is 21.1. The zero-order valence-electron chi connectivity index (χ0n) is 15.1. The number of benzene rings is 2. The average Bonchev–Trinajstić information content (AvgIpc) is 2.67. The summed E-state index contributed by atoms with van der Waals surface area (Å²) < 4.78 is 24.1. The molecule has 0 aromatic heterocycles. The first-order valence-electron chi connectivity index (χ1n) is 8.23. The second-order valence-electron chi connectivity index (χ2n) is 5.49. The lowest BCUT2D eigenvalue weighted by Crippen LogP contribution is -2.23. The van der Waals surface area contributed by atoms with E-state index in [4.69, 9.17) is 21.1 Å². The zero-order chi connectivity index (χ0) is 19.6. The molecule has 4 nitrogen and oxygen atoms in total. The van der Waals surface area contributed by atoms with Gasteiger partial charge in [-0.1, -0.05) is 23.7 Å². The van der Waals surface area contributed by atoms with Crippen molar-refractivity contribution >= 4 is 35.3 Å². The predicted molar refractivity (Wildman–Crippen MR) is 109 cm³/mol. The fourth-order valence-electron chi connectivity index (χ4n) is 2.28. The number of nitrogens with one attached hydrogen (secondary N) is 1. The molecule has 0 heterocycles. The van der Waals surface area contributed by atoms with Crippen molar-refractivity contribution in [1.82, 2.24) is 5.32 Å². The maximum Gasteiger partial charge on any atom is 0.244 e. The van der Waals surface area contributed by atoms with Crippen LogP contribution in [0.3, 0.4) is 0 Å². The quantitative estimate of drug-likeness (QED) is 0.487. The smallest absolute Gasteiger partial charge is 0.244 e. The Bertz CT molecular complexity index is 794. The van der Waals surface area contributed by atoms with Gasteiger partial charge in [-0.3, -0.25) is 4.79 Å². The first-order chi connectivity index (χ1) is 13.0. The molecule has 0 saturated carbocycles. The highest BCUT2D eigenvalue weighted by Gasteiger charge is 2.07. The highest BCUT2D eigenvalue weighted by molar-refractivity contribution is 7.98. The number of ether oxygens (including phenoxy) is 2. The topological polar surface area (TPSA) is 47.6 Å². The Morgan fingerprint density at radius 2 is 2.00 bits per heavy atom. The normalized spacial score (nSPS) is 10.8. The third-order valence-electron chi connectivity index (χ3n) is 3.69. The summed E-state index contributed by atoms with van der Waals surface area (Å²) in [5.74, 6) is 1.84. The van der Waals surface area contributed by atoms with E-state index in [1.54, 1.807) is 44.6 Å². The molecule has 0 saturated heterocycles. The summed E-state index contributed by atoms with van der Waals surface area (Å²) in [5, 5.41) is 3.21. The number of hydrogen-bond acceptors (Lipinski definition) is 4. The van der Waals surface area contributed by atoms with Gasteiger partial charge in [0.1, 0.15) is 5.82 Å². The van der Waals surface area contributed by atoms with E-state index in [0.29, 0.717) is 40.1 Å². The summed E-state index contributed by atoms with van der Waals surface area (Å²) >= 11 is 7.49. The van der Waals surface area contributed by atoms with Crippen molar-refractivity contribution in [3.63, 3.8) is 0 Å². The minimum atomic E-state index is -0.308. The molecule has 0 aliphatic carbocycles. The van der Waals surface area contributed by atoms with Gasteiger partial charge >= 0.3 is 0 Å². The lowest BCUT2D eigenvalue weighted by Gasteiger charge is -2.07. The summed E-state index contributed by atoms with van der Waals surface area (Å²) in [6.07, 6.45) is 3.16. The number of thioether (sulfide) groups is 1. The molecule has 27 heavy (non-hydrogen) atoms. The standard InChI is InChI=1S/C20H21ClFNO3S/c1-25-18-8-6-14(12-19(18)26-2)7-9-20(24)23-10-11-27-13-15-16(21)4-3-5-17(15)22/h3-9,12H,10-11,13H2,1-2H3,(H,23,24). The Labute approximate surface area is 167 Å². The Balaban J connectivity index is 1.75. The molecule has 0 atom stereocenters. The Morgan fingerprint density at radius 3 is 2.70 bits per heavy atom. The number of hydrogen-bond donors (Lipinski definition) is 1. The van der Waals surface area contributed by atoms with Crippen LogP contribution in [0.5, 0.6) is 11.5 Å². The molecule has 0 aliphatic heterocycles. The van der Waals surface area contributed by atoms with Gasteiger partial charge in [0.25, 0.3) is 0 Å². The van der Waals surface area contributed by atoms with E-state index in [2.05, 4.69) is 5.32 Å². The Morgan fingerprint density at radius 1 is 1.22 bits per heavy atom. The van der Waals surface area contributed by atoms with Crippen molar-refractivity contribution in [1.29, 1.82) is 0 Å². The molecule has 0 aliphatic rings. The van der Waals surface area contributed by atoms with Crippen molar-refractivity contribution in [3.8, 4) is 11.5 Å². The van der Waals surface area contributed by atoms with Crippen molar-refractivity contribution in [2.45, 2.75) is 5.75 Å². The predicted octanol–water partition coefficient (Wildman–Crippen LogP) is 4.56. The van der Waals surface area contributed by atoms with Crippen molar-refractivity contribution in [2.75, 3.05) is 26.5 Å². The molecule has 1 amide bonds. The van der Waals surface area contributed by atoms with Crippen LogP contribution in [-0.4, -0.2) is 32.4 Å². The molecule has 0 radical (unpaired) electrons. The van der Waals surface area contributed by atoms with Gasteiger partial charge in [-0.2, -0.15) is 11.8 Å². The van der Waals surface area contributed by atoms with E-state index in [0.717, 1.165) is 5.56 Å². The molecule has 0 spiro atoms. The van der Waals surface area contributed by atoms with Crippen LogP contribution in [-0.2, 0) is 10.5 Å². The maximum absolute atomic E-state index is 13.7. The molecular formula is C20H21ClFNO3S. The first-order valence-corrected chi connectivity index (χ1v) is 9.77. The second kappa shape index (κ2) is 10.8. The van der Waals surface area contributed by atoms with Crippen LogP contribution in [0.2, 0.25) is 5.02 Å². The minimum absolute atomic E-state index is 0.200. The number of carbonyl (C=O) groups is 1. The van der Waals surface area contributed by atoms with Gasteiger partial charge in [-0.05, 0) is 35.9 Å². The summed E-state index contributed by atoms with van der Waals surface area (Å²) in [6, 6.07) is 10.0. The number of carbonyl (C=O) groups excluding carboxylic acids is 1. The monoisotopic (exact) mass is 409 g/mol. The molecule has 2 rings (SSSR count). The molecule has 7 heteroatoms. The highest BCUT2D eigenvalue weighted by atomic mass is 35.5.